The molecule has 178 valence electrons. The summed E-state index contributed by atoms with van der Waals surface area (Å²) in [4.78, 5) is 13.1. The van der Waals surface area contributed by atoms with E-state index in [4.69, 9.17) is 11.6 Å². The van der Waals surface area contributed by atoms with Gasteiger partial charge < -0.3 is 15.7 Å². The van der Waals surface area contributed by atoms with Gasteiger partial charge in [0.15, 0.2) is 5.82 Å². The summed E-state index contributed by atoms with van der Waals surface area (Å²) in [6, 6.07) is 11.2. The summed E-state index contributed by atoms with van der Waals surface area (Å²) in [5.41, 5.74) is -0.808. The fourth-order valence-electron chi connectivity index (χ4n) is 4.62. The van der Waals surface area contributed by atoms with Crippen molar-refractivity contribution in [3.05, 3.63) is 47.1 Å². The van der Waals surface area contributed by atoms with Crippen LogP contribution in [0.2, 0.25) is 5.02 Å². The number of rotatable bonds is 6. The molecule has 1 aromatic heterocycles. The van der Waals surface area contributed by atoms with Crippen molar-refractivity contribution in [2.45, 2.75) is 71.1 Å². The van der Waals surface area contributed by atoms with Crippen molar-refractivity contribution >= 4 is 23.3 Å². The van der Waals surface area contributed by atoms with E-state index < -0.39 is 17.1 Å². The van der Waals surface area contributed by atoms with Crippen LogP contribution in [0.1, 0.15) is 53.0 Å². The monoisotopic (exact) mass is 471 g/mol. The maximum Gasteiger partial charge on any atom is 0.242 e. The van der Waals surface area contributed by atoms with Crippen molar-refractivity contribution in [1.29, 1.82) is 5.26 Å². The molecule has 0 radical (unpaired) electrons. The number of aromatic nitrogens is 2. The third-order valence-electron chi connectivity index (χ3n) is 6.01. The van der Waals surface area contributed by atoms with E-state index in [2.05, 4.69) is 42.6 Å². The van der Waals surface area contributed by atoms with Crippen LogP contribution in [-0.4, -0.2) is 39.0 Å². The average molecular weight is 472 g/mol. The lowest BCUT2D eigenvalue weighted by atomic mass is 9.61. The first kappa shape index (κ1) is 25.2. The highest BCUT2D eigenvalue weighted by molar-refractivity contribution is 6.30. The summed E-state index contributed by atoms with van der Waals surface area (Å²) >= 11 is 6.11. The fourth-order valence-corrected chi connectivity index (χ4v) is 4.75. The topological polar surface area (TPSA) is 103 Å². The van der Waals surface area contributed by atoms with Crippen molar-refractivity contribution < 1.29 is 9.90 Å². The molecule has 1 aromatic carbocycles. The van der Waals surface area contributed by atoms with Crippen LogP contribution in [0.25, 0.3) is 0 Å². The summed E-state index contributed by atoms with van der Waals surface area (Å²) in [7, 11) is 0. The predicted molar refractivity (Wildman–Crippen MR) is 130 cm³/mol. The number of benzene rings is 1. The number of nitriles is 1. The highest BCUT2D eigenvalue weighted by atomic mass is 35.5. The Labute approximate surface area is 201 Å². The van der Waals surface area contributed by atoms with Crippen LogP contribution in [0.3, 0.4) is 0 Å². The Morgan fingerprint density at radius 3 is 2.55 bits per heavy atom. The number of carbonyl (C=O) groups is 1. The minimum atomic E-state index is -0.911. The Kier molecular flexibility index (Phi) is 7.23. The van der Waals surface area contributed by atoms with Crippen LogP contribution >= 0.6 is 11.6 Å². The predicted octanol–water partition coefficient (Wildman–Crippen LogP) is 4.12. The molecule has 1 amide bonds. The molecule has 1 saturated heterocycles. The van der Waals surface area contributed by atoms with Gasteiger partial charge in [0.25, 0.3) is 0 Å². The molecule has 1 aliphatic heterocycles. The molecule has 0 spiro atoms. The Morgan fingerprint density at radius 2 is 1.97 bits per heavy atom. The van der Waals surface area contributed by atoms with Gasteiger partial charge in [0.2, 0.25) is 5.91 Å². The standard InChI is InChI=1S/C25H34ClN5O2/c1-23(2,3)12-18-14-28-20(13-25(18,15-27)17-6-8-19(26)9-7-17)22(32)29-21-10-11-31(30-21)16-24(4,5)33/h6-11,18,20,28,33H,12-14,16H2,1-5H3,(H,29,30,32). The average Bonchev–Trinajstić information content (AvgIpc) is 3.12. The highest BCUT2D eigenvalue weighted by Gasteiger charge is 2.48. The molecule has 0 saturated carbocycles. The molecule has 8 heteroatoms. The first-order valence-corrected chi connectivity index (χ1v) is 11.7. The molecule has 1 aliphatic rings. The van der Waals surface area contributed by atoms with Gasteiger partial charge in [0, 0.05) is 23.8 Å². The van der Waals surface area contributed by atoms with Crippen LogP contribution in [0, 0.1) is 22.7 Å². The van der Waals surface area contributed by atoms with Crippen molar-refractivity contribution in [2.24, 2.45) is 11.3 Å². The number of nitrogens with one attached hydrogen (secondary N) is 2. The molecular formula is C25H34ClN5O2. The number of piperidine rings is 1. The summed E-state index contributed by atoms with van der Waals surface area (Å²) in [6.07, 6.45) is 2.91. The number of aliphatic hydroxyl groups is 1. The van der Waals surface area contributed by atoms with Crippen molar-refractivity contribution in [3.8, 4) is 6.07 Å². The minimum absolute atomic E-state index is 0.0310. The van der Waals surface area contributed by atoms with Gasteiger partial charge in [-0.3, -0.25) is 9.48 Å². The van der Waals surface area contributed by atoms with E-state index in [-0.39, 0.29) is 17.2 Å². The minimum Gasteiger partial charge on any atom is -0.389 e. The summed E-state index contributed by atoms with van der Waals surface area (Å²) in [5.74, 6) is 0.224. The molecule has 0 aliphatic carbocycles. The zero-order chi connectivity index (χ0) is 24.4. The SMILES string of the molecule is CC(C)(C)CC1CNC(C(=O)Nc2ccn(CC(C)(C)O)n2)CC1(C#N)c1ccc(Cl)cc1. The Balaban J connectivity index is 1.83. The normalized spacial score (nSPS) is 23.7. The largest absolute Gasteiger partial charge is 0.389 e. The summed E-state index contributed by atoms with van der Waals surface area (Å²) in [6.45, 7) is 10.8. The fraction of sp³-hybridized carbons (Fsp3) is 0.560. The molecule has 2 aromatic rings. The molecule has 0 bridgehead atoms. The maximum atomic E-state index is 13.1. The van der Waals surface area contributed by atoms with Crippen LogP contribution in [-0.2, 0) is 16.8 Å². The van der Waals surface area contributed by atoms with E-state index in [1.165, 1.54) is 0 Å². The quantitative estimate of drug-likeness (QED) is 0.588. The van der Waals surface area contributed by atoms with Gasteiger partial charge in [0.1, 0.15) is 0 Å². The number of hydrogen-bond donors (Lipinski definition) is 3. The number of amides is 1. The highest BCUT2D eigenvalue weighted by Crippen LogP contribution is 2.44. The molecule has 3 unspecified atom stereocenters. The van der Waals surface area contributed by atoms with Gasteiger partial charge in [0.05, 0.1) is 29.7 Å². The lowest BCUT2D eigenvalue weighted by Crippen LogP contribution is -2.56. The number of halogens is 1. The van der Waals surface area contributed by atoms with E-state index >= 15 is 0 Å². The molecular weight excluding hydrogens is 438 g/mol. The number of anilines is 1. The van der Waals surface area contributed by atoms with E-state index in [1.807, 2.05) is 12.1 Å². The Bertz CT molecular complexity index is 1010. The van der Waals surface area contributed by atoms with Crippen LogP contribution in [0.5, 0.6) is 0 Å². The van der Waals surface area contributed by atoms with Gasteiger partial charge in [-0.2, -0.15) is 10.4 Å². The first-order valence-electron chi connectivity index (χ1n) is 11.3. The second-order valence-electron chi connectivity index (χ2n) is 10.9. The molecule has 33 heavy (non-hydrogen) atoms. The lowest BCUT2D eigenvalue weighted by molar-refractivity contribution is -0.119. The van der Waals surface area contributed by atoms with Crippen molar-refractivity contribution in [1.82, 2.24) is 15.1 Å². The van der Waals surface area contributed by atoms with Crippen LogP contribution in [0.4, 0.5) is 5.82 Å². The number of carbonyl (C=O) groups excluding carboxylic acids is 1. The van der Waals surface area contributed by atoms with E-state index in [1.54, 1.807) is 42.9 Å². The van der Waals surface area contributed by atoms with E-state index in [0.29, 0.717) is 30.4 Å². The zero-order valence-corrected chi connectivity index (χ0v) is 20.8. The van der Waals surface area contributed by atoms with E-state index in [0.717, 1.165) is 12.0 Å². The smallest absolute Gasteiger partial charge is 0.242 e. The molecule has 3 rings (SSSR count). The van der Waals surface area contributed by atoms with Gasteiger partial charge in [-0.15, -0.1) is 0 Å². The number of nitrogens with zero attached hydrogens (tertiary/aromatic N) is 3. The van der Waals surface area contributed by atoms with Crippen LogP contribution < -0.4 is 10.6 Å². The Hall–Kier alpha value is -2.40. The summed E-state index contributed by atoms with van der Waals surface area (Å²) in [5, 5.41) is 31.6. The lowest BCUT2D eigenvalue weighted by Gasteiger charge is -2.45. The molecule has 1 fully saturated rings. The Morgan fingerprint density at radius 1 is 1.30 bits per heavy atom. The van der Waals surface area contributed by atoms with Gasteiger partial charge >= 0.3 is 0 Å². The van der Waals surface area contributed by atoms with Crippen molar-refractivity contribution in [2.75, 3.05) is 11.9 Å². The summed E-state index contributed by atoms with van der Waals surface area (Å²) < 4.78 is 1.59. The molecule has 2 heterocycles. The number of hydrogen-bond acceptors (Lipinski definition) is 5. The zero-order valence-electron chi connectivity index (χ0n) is 20.0. The molecule has 3 atom stereocenters. The first-order chi connectivity index (χ1) is 15.3. The maximum absolute atomic E-state index is 13.1. The molecule has 3 N–H and O–H groups in total. The second kappa shape index (κ2) is 9.46. The van der Waals surface area contributed by atoms with Gasteiger partial charge in [-0.05, 0) is 55.7 Å². The molecule has 7 nitrogen and oxygen atoms in total. The van der Waals surface area contributed by atoms with E-state index in [9.17, 15) is 15.2 Å². The van der Waals surface area contributed by atoms with Crippen LogP contribution in [0.15, 0.2) is 36.5 Å². The third kappa shape index (κ3) is 6.35. The van der Waals surface area contributed by atoms with Gasteiger partial charge in [-0.1, -0.05) is 44.5 Å². The third-order valence-corrected chi connectivity index (χ3v) is 6.26. The second-order valence-corrected chi connectivity index (χ2v) is 11.4. The van der Waals surface area contributed by atoms with Gasteiger partial charge in [-0.25, -0.2) is 0 Å². The van der Waals surface area contributed by atoms with Crippen molar-refractivity contribution in [3.63, 3.8) is 0 Å².